The molecule has 0 heterocycles. The van der Waals surface area contributed by atoms with Crippen molar-refractivity contribution < 1.29 is 9.50 Å². The fourth-order valence-electron chi connectivity index (χ4n) is 3.11. The van der Waals surface area contributed by atoms with Crippen LogP contribution in [-0.4, -0.2) is 10.7 Å². The highest BCUT2D eigenvalue weighted by Gasteiger charge is 2.38. The second-order valence-electron chi connectivity index (χ2n) is 5.37. The summed E-state index contributed by atoms with van der Waals surface area (Å²) in [4.78, 5) is 0. The zero-order valence-electron chi connectivity index (χ0n) is 10.8. The standard InChI is InChI=1S/C15H20BrFO/c1-2-12-5-3-4-8-15(12,18)10-11-6-7-13(16)9-14(11)17/h6-7,9,12,18H,2-5,8,10H2,1H3. The van der Waals surface area contributed by atoms with Gasteiger partial charge in [0.25, 0.3) is 0 Å². The van der Waals surface area contributed by atoms with Crippen molar-refractivity contribution in [3.05, 3.63) is 34.1 Å². The summed E-state index contributed by atoms with van der Waals surface area (Å²) in [6, 6.07) is 5.09. The topological polar surface area (TPSA) is 20.2 Å². The van der Waals surface area contributed by atoms with Crippen molar-refractivity contribution in [2.45, 2.75) is 51.0 Å². The lowest BCUT2D eigenvalue weighted by Gasteiger charge is -2.40. The molecule has 2 atom stereocenters. The van der Waals surface area contributed by atoms with Gasteiger partial charge >= 0.3 is 0 Å². The van der Waals surface area contributed by atoms with E-state index in [0.717, 1.165) is 30.2 Å². The van der Waals surface area contributed by atoms with E-state index in [1.807, 2.05) is 6.07 Å². The summed E-state index contributed by atoms with van der Waals surface area (Å²) < 4.78 is 14.6. The lowest BCUT2D eigenvalue weighted by Crippen LogP contribution is -2.42. The van der Waals surface area contributed by atoms with Crippen molar-refractivity contribution in [2.24, 2.45) is 5.92 Å². The van der Waals surface area contributed by atoms with Crippen molar-refractivity contribution in [1.82, 2.24) is 0 Å². The fraction of sp³-hybridized carbons (Fsp3) is 0.600. The van der Waals surface area contributed by atoms with Crippen LogP contribution in [0.4, 0.5) is 4.39 Å². The second-order valence-corrected chi connectivity index (χ2v) is 6.28. The SMILES string of the molecule is CCC1CCCCC1(O)Cc1ccc(Br)cc1F. The van der Waals surface area contributed by atoms with Crippen molar-refractivity contribution in [3.8, 4) is 0 Å². The Labute approximate surface area is 117 Å². The van der Waals surface area contributed by atoms with E-state index in [0.29, 0.717) is 17.9 Å². The summed E-state index contributed by atoms with van der Waals surface area (Å²) >= 11 is 3.26. The molecule has 1 aromatic rings. The van der Waals surface area contributed by atoms with Gasteiger partial charge in [-0.05, 0) is 36.5 Å². The number of halogens is 2. The van der Waals surface area contributed by atoms with Gasteiger partial charge in [-0.2, -0.15) is 0 Å². The van der Waals surface area contributed by atoms with Crippen molar-refractivity contribution in [1.29, 1.82) is 0 Å². The Hall–Kier alpha value is -0.410. The Balaban J connectivity index is 2.20. The van der Waals surface area contributed by atoms with Crippen LogP contribution in [0.2, 0.25) is 0 Å². The normalized spacial score (nSPS) is 28.3. The molecule has 2 unspecified atom stereocenters. The van der Waals surface area contributed by atoms with Gasteiger partial charge in [-0.1, -0.05) is 48.2 Å². The minimum Gasteiger partial charge on any atom is -0.389 e. The third-order valence-electron chi connectivity index (χ3n) is 4.18. The lowest BCUT2D eigenvalue weighted by molar-refractivity contribution is -0.0496. The maximum Gasteiger partial charge on any atom is 0.127 e. The van der Waals surface area contributed by atoms with Gasteiger partial charge in [0.05, 0.1) is 5.60 Å². The Kier molecular flexibility index (Phi) is 4.44. The van der Waals surface area contributed by atoms with E-state index in [9.17, 15) is 9.50 Å². The number of aliphatic hydroxyl groups is 1. The van der Waals surface area contributed by atoms with Crippen LogP contribution in [-0.2, 0) is 6.42 Å². The first-order chi connectivity index (χ1) is 8.55. The van der Waals surface area contributed by atoms with E-state index in [1.165, 1.54) is 12.5 Å². The smallest absolute Gasteiger partial charge is 0.127 e. The molecule has 100 valence electrons. The zero-order chi connectivity index (χ0) is 13.2. The summed E-state index contributed by atoms with van der Waals surface area (Å²) in [6.45, 7) is 2.11. The van der Waals surface area contributed by atoms with Crippen LogP contribution in [0, 0.1) is 11.7 Å². The van der Waals surface area contributed by atoms with Crippen LogP contribution in [0.5, 0.6) is 0 Å². The molecule has 2 rings (SSSR count). The average molecular weight is 315 g/mol. The van der Waals surface area contributed by atoms with E-state index in [2.05, 4.69) is 22.9 Å². The molecule has 0 aliphatic heterocycles. The van der Waals surface area contributed by atoms with Gasteiger partial charge in [0.1, 0.15) is 5.82 Å². The van der Waals surface area contributed by atoms with Crippen LogP contribution in [0.3, 0.4) is 0 Å². The highest BCUT2D eigenvalue weighted by molar-refractivity contribution is 9.10. The van der Waals surface area contributed by atoms with Crippen molar-refractivity contribution >= 4 is 15.9 Å². The largest absolute Gasteiger partial charge is 0.389 e. The molecular formula is C15H20BrFO. The number of hydrogen-bond donors (Lipinski definition) is 1. The van der Waals surface area contributed by atoms with Gasteiger partial charge in [-0.15, -0.1) is 0 Å². The van der Waals surface area contributed by atoms with Gasteiger partial charge in [0.2, 0.25) is 0 Å². The molecule has 1 aliphatic carbocycles. The number of benzene rings is 1. The molecule has 1 fully saturated rings. The Morgan fingerprint density at radius 3 is 2.89 bits per heavy atom. The van der Waals surface area contributed by atoms with Gasteiger partial charge in [0.15, 0.2) is 0 Å². The average Bonchev–Trinajstić information content (AvgIpc) is 2.33. The molecule has 0 aromatic heterocycles. The molecule has 18 heavy (non-hydrogen) atoms. The maximum atomic E-state index is 13.9. The molecule has 1 nitrogen and oxygen atoms in total. The fourth-order valence-corrected chi connectivity index (χ4v) is 3.44. The van der Waals surface area contributed by atoms with E-state index >= 15 is 0 Å². The third kappa shape index (κ3) is 2.94. The lowest BCUT2D eigenvalue weighted by atomic mass is 9.71. The van der Waals surface area contributed by atoms with Crippen LogP contribution in [0.15, 0.2) is 22.7 Å². The van der Waals surface area contributed by atoms with Crippen molar-refractivity contribution in [3.63, 3.8) is 0 Å². The van der Waals surface area contributed by atoms with Gasteiger partial charge in [-0.3, -0.25) is 0 Å². The highest BCUT2D eigenvalue weighted by Crippen LogP contribution is 2.38. The Bertz CT molecular complexity index is 421. The predicted molar refractivity (Wildman–Crippen MR) is 75.0 cm³/mol. The van der Waals surface area contributed by atoms with Crippen LogP contribution < -0.4 is 0 Å². The van der Waals surface area contributed by atoms with Gasteiger partial charge in [-0.25, -0.2) is 4.39 Å². The molecule has 0 spiro atoms. The minimum atomic E-state index is -0.721. The van der Waals surface area contributed by atoms with Crippen LogP contribution in [0.25, 0.3) is 0 Å². The van der Waals surface area contributed by atoms with Gasteiger partial charge < -0.3 is 5.11 Å². The quantitative estimate of drug-likeness (QED) is 0.873. The van der Waals surface area contributed by atoms with E-state index < -0.39 is 5.60 Å². The predicted octanol–water partition coefficient (Wildman–Crippen LogP) is 4.46. The Morgan fingerprint density at radius 1 is 1.44 bits per heavy atom. The molecule has 1 N–H and O–H groups in total. The van der Waals surface area contributed by atoms with E-state index in [-0.39, 0.29) is 5.82 Å². The molecule has 0 saturated heterocycles. The van der Waals surface area contributed by atoms with Crippen LogP contribution in [0.1, 0.15) is 44.6 Å². The molecule has 1 aromatic carbocycles. The Morgan fingerprint density at radius 2 is 2.22 bits per heavy atom. The highest BCUT2D eigenvalue weighted by atomic mass is 79.9. The zero-order valence-corrected chi connectivity index (χ0v) is 12.3. The van der Waals surface area contributed by atoms with E-state index in [4.69, 9.17) is 0 Å². The first-order valence-corrected chi connectivity index (χ1v) is 7.51. The molecule has 0 amide bonds. The molecule has 0 radical (unpaired) electrons. The summed E-state index contributed by atoms with van der Waals surface area (Å²) in [7, 11) is 0. The molecule has 3 heteroatoms. The van der Waals surface area contributed by atoms with E-state index in [1.54, 1.807) is 6.07 Å². The summed E-state index contributed by atoms with van der Waals surface area (Å²) in [5, 5.41) is 10.8. The molecule has 1 aliphatic rings. The van der Waals surface area contributed by atoms with Crippen molar-refractivity contribution in [2.75, 3.05) is 0 Å². The first-order valence-electron chi connectivity index (χ1n) is 6.71. The minimum absolute atomic E-state index is 0.224. The number of rotatable bonds is 3. The maximum absolute atomic E-state index is 13.9. The third-order valence-corrected chi connectivity index (χ3v) is 4.67. The molecule has 0 bridgehead atoms. The molecular weight excluding hydrogens is 295 g/mol. The summed E-state index contributed by atoms with van der Waals surface area (Å²) in [6.07, 6.45) is 5.49. The molecule has 1 saturated carbocycles. The summed E-state index contributed by atoms with van der Waals surface area (Å²) in [5.41, 5.74) is -0.0946. The monoisotopic (exact) mass is 314 g/mol. The first kappa shape index (κ1) is 14.0. The number of hydrogen-bond acceptors (Lipinski definition) is 1. The second kappa shape index (κ2) is 5.70. The summed E-state index contributed by atoms with van der Waals surface area (Å²) in [5.74, 6) is 0.0764. The van der Waals surface area contributed by atoms with Crippen LogP contribution >= 0.6 is 15.9 Å². The van der Waals surface area contributed by atoms with Gasteiger partial charge in [0, 0.05) is 10.9 Å².